The van der Waals surface area contributed by atoms with Gasteiger partial charge < -0.3 is 14.5 Å². The second kappa shape index (κ2) is 10.8. The molecule has 0 N–H and O–H groups in total. The number of anilines is 1. The summed E-state index contributed by atoms with van der Waals surface area (Å²) in [5, 5.41) is 0.829. The molecule has 2 aliphatic rings. The summed E-state index contributed by atoms with van der Waals surface area (Å²) in [7, 11) is 1.60. The Labute approximate surface area is 209 Å². The Morgan fingerprint density at radius 3 is 2.43 bits per heavy atom. The number of ether oxygens (including phenoxy) is 1. The normalized spacial score (nSPS) is 16.7. The Hall–Kier alpha value is -2.91. The second-order valence-corrected chi connectivity index (χ2v) is 9.90. The smallest absolute Gasteiger partial charge is 0.233 e. The van der Waals surface area contributed by atoms with Crippen LogP contribution in [0.15, 0.2) is 47.5 Å². The van der Waals surface area contributed by atoms with Crippen LogP contribution >= 0.6 is 11.8 Å². The lowest BCUT2D eigenvalue weighted by atomic mass is 10.1. The third-order valence-electron chi connectivity index (χ3n) is 6.62. The fraction of sp³-hybridized carbons (Fsp3) is 0.423. The van der Waals surface area contributed by atoms with Gasteiger partial charge in [-0.25, -0.2) is 14.4 Å². The molecule has 9 heteroatoms. The first kappa shape index (κ1) is 23.8. The van der Waals surface area contributed by atoms with E-state index in [-0.39, 0.29) is 11.7 Å². The van der Waals surface area contributed by atoms with Gasteiger partial charge in [0.2, 0.25) is 5.91 Å². The van der Waals surface area contributed by atoms with Crippen molar-refractivity contribution in [2.24, 2.45) is 0 Å². The van der Waals surface area contributed by atoms with Crippen molar-refractivity contribution in [3.05, 3.63) is 53.8 Å². The van der Waals surface area contributed by atoms with Crippen molar-refractivity contribution in [2.45, 2.75) is 24.4 Å². The minimum Gasteiger partial charge on any atom is -0.496 e. The van der Waals surface area contributed by atoms with Crippen molar-refractivity contribution in [3.8, 4) is 5.75 Å². The minimum absolute atomic E-state index is 0.111. The molecular weight excluding hydrogens is 465 g/mol. The SMILES string of the molecule is COc1ccc(F)cc1CN1CCN(C(=O)CSc2nc3ccccc3nc2N2CCCC2)CC1. The first-order valence-corrected chi connectivity index (χ1v) is 13.1. The van der Waals surface area contributed by atoms with E-state index in [0.717, 1.165) is 66.5 Å². The van der Waals surface area contributed by atoms with Gasteiger partial charge in [0.15, 0.2) is 5.82 Å². The van der Waals surface area contributed by atoms with Crippen molar-refractivity contribution in [3.63, 3.8) is 0 Å². The molecule has 2 aromatic carbocycles. The van der Waals surface area contributed by atoms with Gasteiger partial charge in [0.1, 0.15) is 16.6 Å². The average Bonchev–Trinajstić information content (AvgIpc) is 3.42. The first-order chi connectivity index (χ1) is 17.1. The van der Waals surface area contributed by atoms with Crippen molar-refractivity contribution in [1.82, 2.24) is 19.8 Å². The quantitative estimate of drug-likeness (QED) is 0.462. The number of piperazine rings is 1. The van der Waals surface area contributed by atoms with Crippen LogP contribution in [0.3, 0.4) is 0 Å². The number of aromatic nitrogens is 2. The number of carbonyl (C=O) groups excluding carboxylic acids is 1. The van der Waals surface area contributed by atoms with Gasteiger partial charge in [0, 0.05) is 51.4 Å². The summed E-state index contributed by atoms with van der Waals surface area (Å²) in [6, 6.07) is 12.5. The van der Waals surface area contributed by atoms with Gasteiger partial charge in [-0.15, -0.1) is 0 Å². The summed E-state index contributed by atoms with van der Waals surface area (Å²) in [5.74, 6) is 1.77. The topological polar surface area (TPSA) is 61.8 Å². The van der Waals surface area contributed by atoms with Crippen molar-refractivity contribution < 1.29 is 13.9 Å². The maximum atomic E-state index is 13.7. The summed E-state index contributed by atoms with van der Waals surface area (Å²) in [4.78, 5) is 29.2. The molecule has 184 valence electrons. The first-order valence-electron chi connectivity index (χ1n) is 12.1. The third-order valence-corrected chi connectivity index (χ3v) is 7.56. The average molecular weight is 496 g/mol. The molecule has 0 unspecified atom stereocenters. The van der Waals surface area contributed by atoms with E-state index in [1.165, 1.54) is 23.9 Å². The van der Waals surface area contributed by atoms with Gasteiger partial charge in [-0.2, -0.15) is 0 Å². The molecule has 2 aliphatic heterocycles. The molecule has 35 heavy (non-hydrogen) atoms. The van der Waals surface area contributed by atoms with Gasteiger partial charge in [0.05, 0.1) is 23.9 Å². The highest BCUT2D eigenvalue weighted by atomic mass is 32.2. The number of rotatable bonds is 7. The molecule has 1 amide bonds. The van der Waals surface area contributed by atoms with Crippen LogP contribution in [0.1, 0.15) is 18.4 Å². The van der Waals surface area contributed by atoms with Gasteiger partial charge in [-0.05, 0) is 43.2 Å². The highest BCUT2D eigenvalue weighted by molar-refractivity contribution is 8.00. The number of amides is 1. The summed E-state index contributed by atoms with van der Waals surface area (Å²) >= 11 is 1.48. The van der Waals surface area contributed by atoms with E-state index in [1.54, 1.807) is 13.2 Å². The summed E-state index contributed by atoms with van der Waals surface area (Å²) in [6.07, 6.45) is 2.31. The molecule has 3 aromatic rings. The highest BCUT2D eigenvalue weighted by Crippen LogP contribution is 2.31. The van der Waals surface area contributed by atoms with Crippen molar-refractivity contribution in [2.75, 3.05) is 57.0 Å². The summed E-state index contributed by atoms with van der Waals surface area (Å²) in [5.41, 5.74) is 2.56. The Kier molecular flexibility index (Phi) is 7.34. The predicted molar refractivity (Wildman–Crippen MR) is 137 cm³/mol. The number of methoxy groups -OCH3 is 1. The molecule has 0 spiro atoms. The number of halogens is 1. The zero-order chi connectivity index (χ0) is 24.2. The Bertz CT molecular complexity index is 1200. The van der Waals surface area contributed by atoms with Crippen molar-refractivity contribution >= 4 is 34.5 Å². The van der Waals surface area contributed by atoms with E-state index in [0.29, 0.717) is 31.1 Å². The van der Waals surface area contributed by atoms with Gasteiger partial charge in [-0.3, -0.25) is 9.69 Å². The number of hydrogen-bond acceptors (Lipinski definition) is 7. The minimum atomic E-state index is -0.267. The number of thioether (sulfide) groups is 1. The van der Waals surface area contributed by atoms with E-state index in [4.69, 9.17) is 14.7 Å². The number of para-hydroxylation sites is 2. The van der Waals surface area contributed by atoms with Crippen LogP contribution in [-0.2, 0) is 11.3 Å². The lowest BCUT2D eigenvalue weighted by Crippen LogP contribution is -2.48. The number of carbonyl (C=O) groups is 1. The molecular formula is C26H30FN5O2S. The molecule has 3 heterocycles. The standard InChI is InChI=1S/C26H30FN5O2S/c1-34-23-9-8-20(27)16-19(23)17-30-12-14-31(15-13-30)24(33)18-35-26-25(32-10-4-5-11-32)28-21-6-2-3-7-22(21)29-26/h2-3,6-9,16H,4-5,10-15,17-18H2,1H3. The highest BCUT2D eigenvalue weighted by Gasteiger charge is 2.24. The molecule has 0 atom stereocenters. The molecule has 0 radical (unpaired) electrons. The lowest BCUT2D eigenvalue weighted by Gasteiger charge is -2.35. The number of benzene rings is 2. The van der Waals surface area contributed by atoms with Crippen LogP contribution < -0.4 is 9.64 Å². The fourth-order valence-corrected chi connectivity index (χ4v) is 5.60. The van der Waals surface area contributed by atoms with E-state index in [2.05, 4.69) is 9.80 Å². The van der Waals surface area contributed by atoms with Crippen LogP contribution in [0.4, 0.5) is 10.2 Å². The lowest BCUT2D eigenvalue weighted by molar-refractivity contribution is -0.130. The fourth-order valence-electron chi connectivity index (χ4n) is 4.69. The van der Waals surface area contributed by atoms with E-state index in [9.17, 15) is 9.18 Å². The maximum absolute atomic E-state index is 13.7. The summed E-state index contributed by atoms with van der Waals surface area (Å²) in [6.45, 7) is 5.34. The van der Waals surface area contributed by atoms with Crippen LogP contribution in [0, 0.1) is 5.82 Å². The molecule has 2 fully saturated rings. The van der Waals surface area contributed by atoms with E-state index >= 15 is 0 Å². The molecule has 7 nitrogen and oxygen atoms in total. The van der Waals surface area contributed by atoms with Gasteiger partial charge in [-0.1, -0.05) is 23.9 Å². The molecule has 0 bridgehead atoms. The van der Waals surface area contributed by atoms with Crippen molar-refractivity contribution in [1.29, 1.82) is 0 Å². The van der Waals surface area contributed by atoms with Gasteiger partial charge in [0.25, 0.3) is 0 Å². The number of nitrogens with zero attached hydrogens (tertiary/aromatic N) is 5. The third kappa shape index (κ3) is 5.51. The maximum Gasteiger partial charge on any atom is 0.233 e. The molecule has 5 rings (SSSR count). The molecule has 0 aliphatic carbocycles. The predicted octanol–water partition coefficient (Wildman–Crippen LogP) is 3.81. The van der Waals surface area contributed by atoms with Crippen LogP contribution in [-0.4, -0.2) is 77.8 Å². The Morgan fingerprint density at radius 2 is 1.71 bits per heavy atom. The molecule has 2 saturated heterocycles. The number of fused-ring (bicyclic) bond motifs is 1. The summed E-state index contributed by atoms with van der Waals surface area (Å²) < 4.78 is 19.1. The van der Waals surface area contributed by atoms with Crippen LogP contribution in [0.25, 0.3) is 11.0 Å². The van der Waals surface area contributed by atoms with Crippen LogP contribution in [0.2, 0.25) is 0 Å². The Morgan fingerprint density at radius 1 is 1.00 bits per heavy atom. The molecule has 0 saturated carbocycles. The van der Waals surface area contributed by atoms with Crippen LogP contribution in [0.5, 0.6) is 5.75 Å². The van der Waals surface area contributed by atoms with E-state index < -0.39 is 0 Å². The second-order valence-electron chi connectivity index (χ2n) is 8.94. The molecule has 1 aromatic heterocycles. The van der Waals surface area contributed by atoms with Gasteiger partial charge >= 0.3 is 0 Å². The number of hydrogen-bond donors (Lipinski definition) is 0. The van der Waals surface area contributed by atoms with E-state index in [1.807, 2.05) is 29.2 Å². The Balaban J connectivity index is 1.20. The zero-order valence-electron chi connectivity index (χ0n) is 20.0. The largest absolute Gasteiger partial charge is 0.496 e. The monoisotopic (exact) mass is 495 g/mol. The zero-order valence-corrected chi connectivity index (χ0v) is 20.8.